The molecule has 4 rings (SSSR count). The van der Waals surface area contributed by atoms with E-state index in [-0.39, 0.29) is 51.9 Å². The van der Waals surface area contributed by atoms with Gasteiger partial charge >= 0.3 is 0 Å². The molecule has 3 aromatic rings. The van der Waals surface area contributed by atoms with Crippen LogP contribution in [0.4, 0.5) is 5.69 Å². The second kappa shape index (κ2) is 12.7. The highest BCUT2D eigenvalue weighted by Gasteiger charge is 2.29. The highest BCUT2D eigenvalue weighted by molar-refractivity contribution is 7.92. The number of likely N-dealkylation sites (tertiary alicyclic amines) is 1. The van der Waals surface area contributed by atoms with Gasteiger partial charge in [0.1, 0.15) is 0 Å². The Morgan fingerprint density at radius 2 is 1.77 bits per heavy atom. The first-order chi connectivity index (χ1) is 18.7. The number of anilines is 1. The summed E-state index contributed by atoms with van der Waals surface area (Å²) in [5.41, 5.74) is 0.409. The van der Waals surface area contributed by atoms with Crippen LogP contribution in [0.25, 0.3) is 0 Å². The lowest BCUT2D eigenvalue weighted by Gasteiger charge is -2.31. The van der Waals surface area contributed by atoms with Crippen LogP contribution in [0.3, 0.4) is 0 Å². The molecule has 1 fully saturated rings. The van der Waals surface area contributed by atoms with E-state index in [2.05, 4.69) is 5.32 Å². The van der Waals surface area contributed by atoms with Gasteiger partial charge in [0.05, 0.1) is 22.2 Å². The highest BCUT2D eigenvalue weighted by Crippen LogP contribution is 2.32. The van der Waals surface area contributed by atoms with Crippen molar-refractivity contribution >= 4 is 50.7 Å². The number of aliphatic hydroxyl groups excluding tert-OH is 1. The zero-order chi connectivity index (χ0) is 28.0. The number of halogens is 2. The Labute approximate surface area is 236 Å². The van der Waals surface area contributed by atoms with Gasteiger partial charge in [-0.1, -0.05) is 45.9 Å². The number of hydrogen-bond acceptors (Lipinski definition) is 6. The van der Waals surface area contributed by atoms with E-state index in [0.29, 0.717) is 18.1 Å². The minimum Gasteiger partial charge on any atom is -0.396 e. The van der Waals surface area contributed by atoms with E-state index in [4.69, 9.17) is 28.0 Å². The van der Waals surface area contributed by atoms with Crippen molar-refractivity contribution in [1.29, 1.82) is 0 Å². The summed E-state index contributed by atoms with van der Waals surface area (Å²) in [5, 5.41) is 12.4. The third-order valence-electron chi connectivity index (χ3n) is 6.20. The lowest BCUT2D eigenvalue weighted by molar-refractivity contribution is -0.132. The molecule has 0 radical (unpaired) electrons. The molecule has 0 aromatic heterocycles. The van der Waals surface area contributed by atoms with Gasteiger partial charge in [0, 0.05) is 30.3 Å². The van der Waals surface area contributed by atoms with E-state index in [0.717, 1.165) is 17.3 Å². The minimum absolute atomic E-state index is 0.0187. The van der Waals surface area contributed by atoms with Gasteiger partial charge in [-0.05, 0) is 73.4 Å². The lowest BCUT2D eigenvalue weighted by atomic mass is 9.99. The average molecular weight is 593 g/mol. The summed E-state index contributed by atoms with van der Waals surface area (Å²) in [6.07, 6.45) is 1.66. The maximum absolute atomic E-state index is 13.6. The van der Waals surface area contributed by atoms with Crippen molar-refractivity contribution in [1.82, 2.24) is 10.2 Å². The number of rotatable bonds is 9. The molecular formula is C27H27Cl2N3O6S. The van der Waals surface area contributed by atoms with Crippen molar-refractivity contribution < 1.29 is 28.0 Å². The Hall–Kier alpha value is -3.31. The molecule has 0 saturated carbocycles. The monoisotopic (exact) mass is 591 g/mol. The van der Waals surface area contributed by atoms with Crippen molar-refractivity contribution in [2.24, 2.45) is 5.92 Å². The zero-order valence-corrected chi connectivity index (χ0v) is 23.1. The Kier molecular flexibility index (Phi) is 9.34. The Balaban J connectivity index is 1.48. The molecule has 12 heteroatoms. The van der Waals surface area contributed by atoms with Crippen LogP contribution < -0.4 is 14.6 Å². The van der Waals surface area contributed by atoms with Crippen LogP contribution in [0.1, 0.15) is 23.2 Å². The first kappa shape index (κ1) is 28.7. The number of carbonyl (C=O) groups is 2. The second-order valence-electron chi connectivity index (χ2n) is 8.97. The molecule has 0 bridgehead atoms. The van der Waals surface area contributed by atoms with Gasteiger partial charge in [0.15, 0.2) is 5.75 Å². The van der Waals surface area contributed by atoms with Crippen LogP contribution >= 0.6 is 23.2 Å². The molecule has 1 unspecified atom stereocenters. The summed E-state index contributed by atoms with van der Waals surface area (Å²) >= 11 is 12.2. The summed E-state index contributed by atoms with van der Waals surface area (Å²) in [4.78, 5) is 32.4. The van der Waals surface area contributed by atoms with Crippen LogP contribution in [-0.4, -0.2) is 56.5 Å². The van der Waals surface area contributed by atoms with Gasteiger partial charge in [-0.25, -0.2) is 0 Å². The van der Waals surface area contributed by atoms with Crippen LogP contribution in [0, 0.1) is 5.92 Å². The first-order valence-corrected chi connectivity index (χ1v) is 14.4. The molecule has 9 nitrogen and oxygen atoms in total. The Bertz CT molecular complexity index is 1420. The molecule has 0 spiro atoms. The van der Waals surface area contributed by atoms with E-state index in [1.54, 1.807) is 35.2 Å². The van der Waals surface area contributed by atoms with Crippen LogP contribution in [0.2, 0.25) is 10.0 Å². The molecular weight excluding hydrogens is 565 g/mol. The molecule has 1 heterocycles. The van der Waals surface area contributed by atoms with E-state index >= 15 is 0 Å². The number of nitrogens with zero attached hydrogens (tertiary/aromatic N) is 2. The molecule has 0 aliphatic carbocycles. The molecule has 2 N–H and O–H groups in total. The highest BCUT2D eigenvalue weighted by atomic mass is 35.5. The minimum atomic E-state index is -4.26. The van der Waals surface area contributed by atoms with Crippen molar-refractivity contribution in [2.45, 2.75) is 17.7 Å². The van der Waals surface area contributed by atoms with E-state index in [9.17, 15) is 23.1 Å². The number of nitrogens with one attached hydrogen (secondary N) is 1. The summed E-state index contributed by atoms with van der Waals surface area (Å²) < 4.78 is 27.9. The van der Waals surface area contributed by atoms with E-state index in [1.807, 2.05) is 0 Å². The van der Waals surface area contributed by atoms with Crippen molar-refractivity contribution in [2.75, 3.05) is 30.7 Å². The van der Waals surface area contributed by atoms with Gasteiger partial charge in [0.2, 0.25) is 5.91 Å². The zero-order valence-electron chi connectivity index (χ0n) is 20.8. The van der Waals surface area contributed by atoms with Crippen molar-refractivity contribution in [3.8, 4) is 5.75 Å². The Morgan fingerprint density at radius 1 is 1.05 bits per heavy atom. The standard InChI is InChI=1S/C27H27Cl2N3O6S/c28-21-10-13-25(24(29)15-21)38-32(22-6-2-1-3-7-22)39(36,37)23-11-8-20(9-12-23)27(35)30-16-26(34)31-14-4-5-19(17-31)18-33/h1-3,6-13,15,19,33H,4-5,14,16-18H2,(H,30,35). The maximum atomic E-state index is 13.6. The number of carbonyl (C=O) groups excluding carboxylic acids is 2. The molecule has 1 aliphatic rings. The van der Waals surface area contributed by atoms with Gasteiger partial charge in [0.25, 0.3) is 15.9 Å². The number of aliphatic hydroxyl groups is 1. The molecule has 1 aliphatic heterocycles. The summed E-state index contributed by atoms with van der Waals surface area (Å²) in [6.45, 7) is 0.858. The van der Waals surface area contributed by atoms with Gasteiger partial charge in [-0.2, -0.15) is 8.42 Å². The average Bonchev–Trinajstić information content (AvgIpc) is 2.95. The topological polar surface area (TPSA) is 116 Å². The molecule has 2 amide bonds. The number of piperidine rings is 1. The second-order valence-corrected chi connectivity index (χ2v) is 11.6. The number of benzene rings is 3. The lowest BCUT2D eigenvalue weighted by Crippen LogP contribution is -2.45. The first-order valence-electron chi connectivity index (χ1n) is 12.2. The molecule has 39 heavy (non-hydrogen) atoms. The fourth-order valence-corrected chi connectivity index (χ4v) is 5.81. The number of hydrogen-bond donors (Lipinski definition) is 2. The van der Waals surface area contributed by atoms with Crippen molar-refractivity contribution in [3.63, 3.8) is 0 Å². The molecule has 1 atom stereocenters. The van der Waals surface area contributed by atoms with Gasteiger partial charge in [-0.15, -0.1) is 0 Å². The fraction of sp³-hybridized carbons (Fsp3) is 0.259. The third-order valence-corrected chi connectivity index (χ3v) is 8.33. The van der Waals surface area contributed by atoms with Gasteiger partial charge < -0.3 is 20.2 Å². The van der Waals surface area contributed by atoms with Crippen LogP contribution in [-0.2, 0) is 14.8 Å². The van der Waals surface area contributed by atoms with E-state index in [1.165, 1.54) is 42.5 Å². The smallest absolute Gasteiger partial charge is 0.295 e. The fourth-order valence-electron chi connectivity index (χ4n) is 4.11. The normalized spacial score (nSPS) is 15.5. The van der Waals surface area contributed by atoms with E-state index < -0.39 is 15.9 Å². The Morgan fingerprint density at radius 3 is 2.44 bits per heavy atom. The number of sulfonamides is 1. The van der Waals surface area contributed by atoms with Crippen LogP contribution in [0.5, 0.6) is 5.75 Å². The summed E-state index contributed by atoms with van der Waals surface area (Å²) in [5.74, 6) is -0.638. The summed E-state index contributed by atoms with van der Waals surface area (Å²) in [6, 6.07) is 17.9. The third kappa shape index (κ3) is 7.02. The SMILES string of the molecule is O=C(NCC(=O)N1CCCC(CO)C1)c1ccc(S(=O)(=O)N(Oc2ccc(Cl)cc2Cl)c2ccccc2)cc1. The largest absolute Gasteiger partial charge is 0.396 e. The molecule has 1 saturated heterocycles. The summed E-state index contributed by atoms with van der Waals surface area (Å²) in [7, 11) is -4.26. The number of amides is 2. The number of para-hydroxylation sites is 1. The quantitative estimate of drug-likeness (QED) is 0.361. The van der Waals surface area contributed by atoms with Crippen molar-refractivity contribution in [3.05, 3.63) is 88.4 Å². The predicted molar refractivity (Wildman–Crippen MR) is 148 cm³/mol. The molecule has 206 valence electrons. The van der Waals surface area contributed by atoms with Gasteiger partial charge in [-0.3, -0.25) is 9.59 Å². The predicted octanol–water partition coefficient (Wildman–Crippen LogP) is 4.14. The molecule has 3 aromatic carbocycles. The van der Waals surface area contributed by atoms with Crippen LogP contribution in [0.15, 0.2) is 77.7 Å². The maximum Gasteiger partial charge on any atom is 0.295 e.